The second-order valence-corrected chi connectivity index (χ2v) is 6.67. The van der Waals surface area contributed by atoms with Gasteiger partial charge >= 0.3 is 18.2 Å². The quantitative estimate of drug-likeness (QED) is 0.883. The minimum absolute atomic E-state index is 0.204. The smallest absolute Gasteiger partial charge is 0.425 e. The van der Waals surface area contributed by atoms with E-state index in [1.807, 2.05) is 0 Å². The van der Waals surface area contributed by atoms with E-state index in [0.717, 1.165) is 6.07 Å². The van der Waals surface area contributed by atoms with E-state index in [4.69, 9.17) is 9.84 Å². The van der Waals surface area contributed by atoms with Crippen LogP contribution in [0.25, 0.3) is 0 Å². The third kappa shape index (κ3) is 5.92. The van der Waals surface area contributed by atoms with E-state index < -0.39 is 34.8 Å². The molecule has 0 aromatic carbocycles. The first-order valence-corrected chi connectivity index (χ1v) is 7.08. The fourth-order valence-electron chi connectivity index (χ4n) is 1.49. The van der Waals surface area contributed by atoms with Crippen LogP contribution in [-0.4, -0.2) is 28.8 Å². The lowest BCUT2D eigenvalue weighted by molar-refractivity contribution is -0.139. The number of nitrogens with one attached hydrogen (secondary N) is 1. The van der Waals surface area contributed by atoms with Crippen LogP contribution in [0.1, 0.15) is 30.5 Å². The van der Waals surface area contributed by atoms with Gasteiger partial charge in [0.15, 0.2) is 0 Å². The highest BCUT2D eigenvalue weighted by molar-refractivity contribution is 7.12. The van der Waals surface area contributed by atoms with Crippen molar-refractivity contribution in [3.8, 4) is 0 Å². The summed E-state index contributed by atoms with van der Waals surface area (Å²) in [5.74, 6) is -1.35. The molecule has 22 heavy (non-hydrogen) atoms. The van der Waals surface area contributed by atoms with Gasteiger partial charge in [-0.15, -0.1) is 11.3 Å². The zero-order valence-corrected chi connectivity index (χ0v) is 13.0. The SMILES string of the molecule is CC(C)(C)OC(=O)NC(Cc1ccc(C(F)(F)F)s1)C(=O)O. The molecular formula is C13H16F3NO4S. The Morgan fingerprint density at radius 3 is 2.32 bits per heavy atom. The van der Waals surface area contributed by atoms with Crippen molar-refractivity contribution in [2.75, 3.05) is 0 Å². The highest BCUT2D eigenvalue weighted by Crippen LogP contribution is 2.34. The summed E-state index contributed by atoms with van der Waals surface area (Å²) in [6.45, 7) is 4.83. The van der Waals surface area contributed by atoms with E-state index in [0.29, 0.717) is 11.3 Å². The Morgan fingerprint density at radius 2 is 1.91 bits per heavy atom. The number of alkyl carbamates (subject to hydrolysis) is 1. The van der Waals surface area contributed by atoms with Gasteiger partial charge in [-0.25, -0.2) is 9.59 Å². The number of hydrogen-bond acceptors (Lipinski definition) is 4. The van der Waals surface area contributed by atoms with Crippen molar-refractivity contribution < 1.29 is 32.6 Å². The Labute approximate surface area is 129 Å². The third-order valence-electron chi connectivity index (χ3n) is 2.34. The third-order valence-corrected chi connectivity index (χ3v) is 3.49. The fraction of sp³-hybridized carbons (Fsp3) is 0.538. The van der Waals surface area contributed by atoms with Gasteiger partial charge in [-0.1, -0.05) is 0 Å². The van der Waals surface area contributed by atoms with Crippen LogP contribution in [0, 0.1) is 0 Å². The number of carboxylic acid groups (broad SMARTS) is 1. The second-order valence-electron chi connectivity index (χ2n) is 5.50. The van der Waals surface area contributed by atoms with E-state index >= 15 is 0 Å². The maximum absolute atomic E-state index is 12.5. The van der Waals surface area contributed by atoms with Crippen LogP contribution in [0.4, 0.5) is 18.0 Å². The average Bonchev–Trinajstić information content (AvgIpc) is 2.73. The van der Waals surface area contributed by atoms with E-state index in [9.17, 15) is 22.8 Å². The number of carboxylic acids is 1. The molecule has 0 spiro atoms. The van der Waals surface area contributed by atoms with Gasteiger partial charge < -0.3 is 15.2 Å². The molecule has 1 amide bonds. The minimum atomic E-state index is -4.47. The molecule has 1 heterocycles. The van der Waals surface area contributed by atoms with Crippen molar-refractivity contribution >= 4 is 23.4 Å². The van der Waals surface area contributed by atoms with Gasteiger partial charge in [0, 0.05) is 11.3 Å². The number of alkyl halides is 3. The van der Waals surface area contributed by atoms with Gasteiger partial charge in [-0.3, -0.25) is 0 Å². The number of thiophene rings is 1. The number of carbonyl (C=O) groups is 2. The average molecular weight is 339 g/mol. The van der Waals surface area contributed by atoms with Gasteiger partial charge in [0.25, 0.3) is 0 Å². The number of rotatable bonds is 4. The van der Waals surface area contributed by atoms with Crippen LogP contribution in [0.2, 0.25) is 0 Å². The Morgan fingerprint density at radius 1 is 1.32 bits per heavy atom. The first kappa shape index (κ1) is 18.3. The predicted molar refractivity (Wildman–Crippen MR) is 73.8 cm³/mol. The lowest BCUT2D eigenvalue weighted by atomic mass is 10.2. The number of ether oxygens (including phenoxy) is 1. The van der Waals surface area contributed by atoms with Crippen molar-refractivity contribution in [3.63, 3.8) is 0 Å². The van der Waals surface area contributed by atoms with Gasteiger partial charge in [-0.2, -0.15) is 13.2 Å². The molecule has 0 aliphatic carbocycles. The summed E-state index contributed by atoms with van der Waals surface area (Å²) < 4.78 is 42.4. The summed E-state index contributed by atoms with van der Waals surface area (Å²) in [5, 5.41) is 11.2. The molecule has 0 fully saturated rings. The zero-order valence-electron chi connectivity index (χ0n) is 12.2. The minimum Gasteiger partial charge on any atom is -0.480 e. The summed E-state index contributed by atoms with van der Waals surface area (Å²) in [6, 6.07) is 0.710. The molecule has 1 unspecified atom stereocenters. The molecule has 1 atom stereocenters. The molecule has 1 aromatic rings. The number of amides is 1. The highest BCUT2D eigenvalue weighted by Gasteiger charge is 2.33. The largest absolute Gasteiger partial charge is 0.480 e. The predicted octanol–water partition coefficient (Wildman–Crippen LogP) is 3.29. The van der Waals surface area contributed by atoms with Crippen molar-refractivity contribution in [1.29, 1.82) is 0 Å². The topological polar surface area (TPSA) is 75.6 Å². The van der Waals surface area contributed by atoms with Gasteiger partial charge in [-0.05, 0) is 32.9 Å². The van der Waals surface area contributed by atoms with Crippen LogP contribution in [0.5, 0.6) is 0 Å². The van der Waals surface area contributed by atoms with Crippen molar-refractivity contribution in [1.82, 2.24) is 5.32 Å². The van der Waals surface area contributed by atoms with E-state index in [1.165, 1.54) is 6.07 Å². The van der Waals surface area contributed by atoms with Crippen molar-refractivity contribution in [3.05, 3.63) is 21.9 Å². The zero-order chi connectivity index (χ0) is 17.1. The van der Waals surface area contributed by atoms with Crippen molar-refractivity contribution in [2.24, 2.45) is 0 Å². The monoisotopic (exact) mass is 339 g/mol. The Balaban J connectivity index is 2.75. The molecule has 1 aromatic heterocycles. The van der Waals surface area contributed by atoms with Crippen LogP contribution in [0.15, 0.2) is 12.1 Å². The Hall–Kier alpha value is -1.77. The first-order valence-electron chi connectivity index (χ1n) is 6.27. The summed E-state index contributed by atoms with van der Waals surface area (Å²) in [5.41, 5.74) is -0.806. The number of halogens is 3. The van der Waals surface area contributed by atoms with E-state index in [-0.39, 0.29) is 11.3 Å². The molecule has 2 N–H and O–H groups in total. The Kier molecular flexibility index (Phi) is 5.44. The Bertz CT molecular complexity index is 548. The molecule has 0 aliphatic rings. The standard InChI is InChI=1S/C13H16F3NO4S/c1-12(2,3)21-11(20)17-8(10(18)19)6-7-4-5-9(22-7)13(14,15)16/h4-5,8H,6H2,1-3H3,(H,17,20)(H,18,19). The summed E-state index contributed by atoms with van der Waals surface area (Å²) >= 11 is 0.445. The van der Waals surface area contributed by atoms with Gasteiger partial charge in [0.05, 0.1) is 0 Å². The molecule has 124 valence electrons. The van der Waals surface area contributed by atoms with Gasteiger partial charge in [0.1, 0.15) is 16.5 Å². The summed E-state index contributed by atoms with van der Waals surface area (Å²) in [4.78, 5) is 22.1. The van der Waals surface area contributed by atoms with Crippen LogP contribution in [-0.2, 0) is 22.1 Å². The van der Waals surface area contributed by atoms with Crippen molar-refractivity contribution in [2.45, 2.75) is 45.0 Å². The maximum Gasteiger partial charge on any atom is 0.425 e. The molecular weight excluding hydrogens is 323 g/mol. The summed E-state index contributed by atoms with van der Waals surface area (Å²) in [6.07, 6.45) is -5.66. The lowest BCUT2D eigenvalue weighted by Gasteiger charge is -2.21. The van der Waals surface area contributed by atoms with Crippen LogP contribution >= 0.6 is 11.3 Å². The maximum atomic E-state index is 12.5. The molecule has 0 aliphatic heterocycles. The number of hydrogen-bond donors (Lipinski definition) is 2. The molecule has 1 rings (SSSR count). The molecule has 0 radical (unpaired) electrons. The number of carbonyl (C=O) groups excluding carboxylic acids is 1. The second kappa shape index (κ2) is 6.55. The summed E-state index contributed by atoms with van der Waals surface area (Å²) in [7, 11) is 0. The van der Waals surface area contributed by atoms with Crippen LogP contribution in [0.3, 0.4) is 0 Å². The van der Waals surface area contributed by atoms with Crippen LogP contribution < -0.4 is 5.32 Å². The lowest BCUT2D eigenvalue weighted by Crippen LogP contribution is -2.44. The normalized spacial score (nSPS) is 13.5. The molecule has 5 nitrogen and oxygen atoms in total. The first-order chi connectivity index (χ1) is 9.88. The molecule has 0 bridgehead atoms. The highest BCUT2D eigenvalue weighted by atomic mass is 32.1. The fourth-order valence-corrected chi connectivity index (χ4v) is 2.41. The van der Waals surface area contributed by atoms with Gasteiger partial charge in [0.2, 0.25) is 0 Å². The molecule has 0 saturated heterocycles. The molecule has 0 saturated carbocycles. The number of aliphatic carboxylic acids is 1. The molecule has 9 heteroatoms. The van der Waals surface area contributed by atoms with E-state index in [1.54, 1.807) is 20.8 Å². The van der Waals surface area contributed by atoms with E-state index in [2.05, 4.69) is 5.32 Å².